The van der Waals surface area contributed by atoms with Gasteiger partial charge in [-0.1, -0.05) is 11.6 Å². The van der Waals surface area contributed by atoms with Crippen LogP contribution in [-0.4, -0.2) is 33.9 Å². The van der Waals surface area contributed by atoms with Crippen LogP contribution in [0.3, 0.4) is 0 Å². The molecule has 1 saturated heterocycles. The van der Waals surface area contributed by atoms with Crippen molar-refractivity contribution in [1.29, 1.82) is 0 Å². The Bertz CT molecular complexity index is 704. The van der Waals surface area contributed by atoms with E-state index in [1.54, 1.807) is 11.0 Å². The summed E-state index contributed by atoms with van der Waals surface area (Å²) in [4.78, 5) is 22.3. The molecule has 5 nitrogen and oxygen atoms in total. The van der Waals surface area contributed by atoms with Gasteiger partial charge in [0.15, 0.2) is 0 Å². The van der Waals surface area contributed by atoms with Crippen LogP contribution < -0.4 is 5.32 Å². The van der Waals surface area contributed by atoms with Gasteiger partial charge < -0.3 is 10.2 Å². The molecule has 1 aliphatic heterocycles. The summed E-state index contributed by atoms with van der Waals surface area (Å²) >= 11 is 5.73. The summed E-state index contributed by atoms with van der Waals surface area (Å²) in [6.07, 6.45) is 3.57. The standard InChI is InChI=1S/C15H14ClFN4O/c16-11-9-10(3-4-12(11)17)19-15-18-6-5-13(20-15)14(22)21-7-1-2-8-21/h3-6,9H,1-2,7-8H2,(H,18,19,20). The maximum absolute atomic E-state index is 13.1. The zero-order chi connectivity index (χ0) is 15.5. The van der Waals surface area contributed by atoms with E-state index in [4.69, 9.17) is 11.6 Å². The van der Waals surface area contributed by atoms with Gasteiger partial charge in [-0.25, -0.2) is 14.4 Å². The third-order valence-electron chi connectivity index (χ3n) is 3.44. The number of nitrogens with one attached hydrogen (secondary N) is 1. The molecule has 114 valence electrons. The molecule has 0 radical (unpaired) electrons. The highest BCUT2D eigenvalue weighted by atomic mass is 35.5. The highest BCUT2D eigenvalue weighted by Crippen LogP contribution is 2.21. The van der Waals surface area contributed by atoms with Gasteiger partial charge in [-0.3, -0.25) is 4.79 Å². The number of carbonyl (C=O) groups excluding carboxylic acids is 1. The lowest BCUT2D eigenvalue weighted by Crippen LogP contribution is -2.28. The van der Waals surface area contributed by atoms with Crippen LogP contribution in [0.1, 0.15) is 23.3 Å². The van der Waals surface area contributed by atoms with Gasteiger partial charge >= 0.3 is 0 Å². The molecule has 0 spiro atoms. The van der Waals surface area contributed by atoms with Crippen molar-refractivity contribution in [2.75, 3.05) is 18.4 Å². The van der Waals surface area contributed by atoms with Crippen LogP contribution >= 0.6 is 11.6 Å². The zero-order valence-corrected chi connectivity index (χ0v) is 12.5. The molecule has 1 amide bonds. The normalized spacial score (nSPS) is 14.2. The average molecular weight is 321 g/mol. The minimum absolute atomic E-state index is 0.00861. The molecule has 1 N–H and O–H groups in total. The smallest absolute Gasteiger partial charge is 0.272 e. The number of likely N-dealkylation sites (tertiary alicyclic amines) is 1. The summed E-state index contributed by atoms with van der Waals surface area (Å²) in [6, 6.07) is 5.81. The van der Waals surface area contributed by atoms with Crippen LogP contribution in [0.15, 0.2) is 30.5 Å². The number of rotatable bonds is 3. The van der Waals surface area contributed by atoms with Crippen molar-refractivity contribution in [3.05, 3.63) is 47.0 Å². The van der Waals surface area contributed by atoms with Crippen LogP contribution in [0, 0.1) is 5.82 Å². The maximum atomic E-state index is 13.1. The second kappa shape index (κ2) is 6.27. The Labute approximate surface area is 132 Å². The van der Waals surface area contributed by atoms with Crippen LogP contribution in [0.5, 0.6) is 0 Å². The summed E-state index contributed by atoms with van der Waals surface area (Å²) in [7, 11) is 0. The predicted molar refractivity (Wildman–Crippen MR) is 81.9 cm³/mol. The molecule has 2 aromatic rings. The average Bonchev–Trinajstić information content (AvgIpc) is 3.05. The van der Waals surface area contributed by atoms with Crippen LogP contribution in [-0.2, 0) is 0 Å². The largest absolute Gasteiger partial charge is 0.337 e. The molecule has 0 aliphatic carbocycles. The molecule has 1 aliphatic rings. The van der Waals surface area contributed by atoms with E-state index < -0.39 is 5.82 Å². The fourth-order valence-corrected chi connectivity index (χ4v) is 2.50. The van der Waals surface area contributed by atoms with Gasteiger partial charge in [-0.2, -0.15) is 0 Å². The number of aromatic nitrogens is 2. The third kappa shape index (κ3) is 3.17. The van der Waals surface area contributed by atoms with Gasteiger partial charge in [0, 0.05) is 25.0 Å². The second-order valence-electron chi connectivity index (χ2n) is 5.02. The molecule has 1 fully saturated rings. The summed E-state index contributed by atoms with van der Waals surface area (Å²) in [6.45, 7) is 1.53. The number of hydrogen-bond acceptors (Lipinski definition) is 4. The van der Waals surface area contributed by atoms with Crippen molar-refractivity contribution in [3.63, 3.8) is 0 Å². The van der Waals surface area contributed by atoms with Gasteiger partial charge in [-0.15, -0.1) is 0 Å². The Kier molecular flexibility index (Phi) is 4.20. The molecule has 1 aromatic carbocycles. The number of anilines is 2. The SMILES string of the molecule is O=C(c1ccnc(Nc2ccc(F)c(Cl)c2)n1)N1CCCC1. The minimum atomic E-state index is -0.494. The van der Waals surface area contributed by atoms with Crippen LogP contribution in [0.25, 0.3) is 0 Å². The zero-order valence-electron chi connectivity index (χ0n) is 11.7. The fourth-order valence-electron chi connectivity index (χ4n) is 2.32. The number of carbonyl (C=O) groups is 1. The molecular formula is C15H14ClFN4O. The molecule has 1 aromatic heterocycles. The van der Waals surface area contributed by atoms with Gasteiger partial charge in [-0.05, 0) is 37.1 Å². The van der Waals surface area contributed by atoms with Crippen LogP contribution in [0.4, 0.5) is 16.0 Å². The van der Waals surface area contributed by atoms with Crippen molar-refractivity contribution in [2.24, 2.45) is 0 Å². The Hall–Kier alpha value is -2.21. The molecule has 0 bridgehead atoms. The number of halogens is 2. The summed E-state index contributed by atoms with van der Waals surface area (Å²) in [5, 5.41) is 2.92. The summed E-state index contributed by atoms with van der Waals surface area (Å²) in [5.74, 6) is -0.320. The van der Waals surface area contributed by atoms with E-state index in [2.05, 4.69) is 15.3 Å². The maximum Gasteiger partial charge on any atom is 0.272 e. The molecule has 0 unspecified atom stereocenters. The van der Waals surface area contributed by atoms with Crippen LogP contribution in [0.2, 0.25) is 5.02 Å². The van der Waals surface area contributed by atoms with Gasteiger partial charge in [0.1, 0.15) is 11.5 Å². The monoisotopic (exact) mass is 320 g/mol. The van der Waals surface area contributed by atoms with Crippen molar-refractivity contribution in [3.8, 4) is 0 Å². The first-order valence-electron chi connectivity index (χ1n) is 6.98. The molecule has 0 atom stereocenters. The van der Waals surface area contributed by atoms with E-state index in [0.29, 0.717) is 11.4 Å². The Morgan fingerprint density at radius 1 is 1.27 bits per heavy atom. The second-order valence-corrected chi connectivity index (χ2v) is 5.43. The van der Waals surface area contributed by atoms with E-state index in [9.17, 15) is 9.18 Å². The van der Waals surface area contributed by atoms with Crippen molar-refractivity contribution in [2.45, 2.75) is 12.8 Å². The lowest BCUT2D eigenvalue weighted by atomic mass is 10.3. The third-order valence-corrected chi connectivity index (χ3v) is 3.73. The number of amides is 1. The molecule has 2 heterocycles. The van der Waals surface area contributed by atoms with E-state index in [1.807, 2.05) is 0 Å². The first-order chi connectivity index (χ1) is 10.6. The van der Waals surface area contributed by atoms with E-state index in [-0.39, 0.29) is 16.9 Å². The number of nitrogens with zero attached hydrogens (tertiary/aromatic N) is 3. The molecule has 3 rings (SSSR count). The lowest BCUT2D eigenvalue weighted by Gasteiger charge is -2.14. The van der Waals surface area contributed by atoms with Gasteiger partial charge in [0.05, 0.1) is 5.02 Å². The predicted octanol–water partition coefficient (Wildman–Crippen LogP) is 3.25. The first-order valence-corrected chi connectivity index (χ1v) is 7.36. The van der Waals surface area contributed by atoms with Crippen molar-refractivity contribution < 1.29 is 9.18 Å². The Balaban J connectivity index is 1.78. The molecule has 22 heavy (non-hydrogen) atoms. The number of hydrogen-bond donors (Lipinski definition) is 1. The topological polar surface area (TPSA) is 58.1 Å². The van der Waals surface area contributed by atoms with Gasteiger partial charge in [0.25, 0.3) is 5.91 Å². The Morgan fingerprint density at radius 3 is 2.77 bits per heavy atom. The lowest BCUT2D eigenvalue weighted by molar-refractivity contribution is 0.0787. The van der Waals surface area contributed by atoms with Gasteiger partial charge in [0.2, 0.25) is 5.95 Å². The summed E-state index contributed by atoms with van der Waals surface area (Å²) in [5.41, 5.74) is 0.893. The first kappa shape index (κ1) is 14.7. The quantitative estimate of drug-likeness (QED) is 0.943. The van der Waals surface area contributed by atoms with Crippen molar-refractivity contribution >= 4 is 29.1 Å². The highest BCUT2D eigenvalue weighted by molar-refractivity contribution is 6.31. The fraction of sp³-hybridized carbons (Fsp3) is 0.267. The van der Waals surface area contributed by atoms with E-state index in [0.717, 1.165) is 25.9 Å². The highest BCUT2D eigenvalue weighted by Gasteiger charge is 2.20. The number of benzene rings is 1. The van der Waals surface area contributed by atoms with Crippen molar-refractivity contribution in [1.82, 2.24) is 14.9 Å². The molecule has 7 heteroatoms. The summed E-state index contributed by atoms with van der Waals surface area (Å²) < 4.78 is 13.1. The minimum Gasteiger partial charge on any atom is -0.337 e. The Morgan fingerprint density at radius 2 is 2.05 bits per heavy atom. The molecular weight excluding hydrogens is 307 g/mol. The molecule has 0 saturated carbocycles. The van der Waals surface area contributed by atoms with E-state index >= 15 is 0 Å². The van der Waals surface area contributed by atoms with E-state index in [1.165, 1.54) is 24.4 Å².